The van der Waals surface area contributed by atoms with Gasteiger partial charge in [-0.05, 0) is 26.6 Å². The molecule has 0 fully saturated rings. The molecule has 0 saturated carbocycles. The first kappa shape index (κ1) is 17.1. The van der Waals surface area contributed by atoms with E-state index < -0.39 is 11.9 Å². The van der Waals surface area contributed by atoms with E-state index in [2.05, 4.69) is 9.97 Å². The molecule has 2 aromatic rings. The lowest BCUT2D eigenvalue weighted by molar-refractivity contribution is -0.137. The number of nitrogen functional groups attached to an aromatic ring is 1. The highest BCUT2D eigenvalue weighted by Crippen LogP contribution is 2.26. The summed E-state index contributed by atoms with van der Waals surface area (Å²) in [5.41, 5.74) is 6.69. The summed E-state index contributed by atoms with van der Waals surface area (Å²) in [7, 11) is 3.46. The third kappa shape index (κ3) is 3.25. The number of nitrogens with one attached hydrogen (secondary N) is 1. The number of rotatable bonds is 3. The van der Waals surface area contributed by atoms with E-state index in [0.29, 0.717) is 29.8 Å². The summed E-state index contributed by atoms with van der Waals surface area (Å²) >= 11 is 0. The minimum absolute atomic E-state index is 0.0244. The first-order valence-corrected chi connectivity index (χ1v) is 7.95. The van der Waals surface area contributed by atoms with Gasteiger partial charge < -0.3 is 10.6 Å². The summed E-state index contributed by atoms with van der Waals surface area (Å²) < 4.78 is 14.2. The van der Waals surface area contributed by atoms with E-state index in [4.69, 9.17) is 5.73 Å². The van der Waals surface area contributed by atoms with E-state index in [1.165, 1.54) is 6.07 Å². The first-order chi connectivity index (χ1) is 11.9. The molecule has 8 heteroatoms. The van der Waals surface area contributed by atoms with Crippen LogP contribution in [0.5, 0.6) is 0 Å². The van der Waals surface area contributed by atoms with Gasteiger partial charge in [-0.25, -0.2) is 9.37 Å². The number of likely N-dealkylation sites (N-methyl/N-ethyl adjacent to an activating group) is 1. The fourth-order valence-corrected chi connectivity index (χ4v) is 3.15. The lowest BCUT2D eigenvalue weighted by Crippen LogP contribution is -2.44. The number of hydrogen-bond donors (Lipinski definition) is 2. The number of benzene rings is 1. The summed E-state index contributed by atoms with van der Waals surface area (Å²) in [5.74, 6) is -0.636. The highest BCUT2D eigenvalue weighted by Gasteiger charge is 2.32. The number of carbonyl (C=O) groups is 1. The molecule has 1 aromatic carbocycles. The molecule has 0 aliphatic carbocycles. The largest absolute Gasteiger partial charge is 0.369 e. The Morgan fingerprint density at radius 1 is 1.40 bits per heavy atom. The highest BCUT2D eigenvalue weighted by atomic mass is 19.1. The number of aromatic nitrogens is 2. The van der Waals surface area contributed by atoms with Gasteiger partial charge >= 0.3 is 0 Å². The minimum Gasteiger partial charge on any atom is -0.369 e. The summed E-state index contributed by atoms with van der Waals surface area (Å²) in [5, 5.41) is 0. The molecule has 25 heavy (non-hydrogen) atoms. The molecule has 0 bridgehead atoms. The Hall–Kier alpha value is -2.74. The number of nitrogens with zero attached hydrogens (tertiary/aromatic N) is 3. The Bertz CT molecular complexity index is 864. The molecule has 0 radical (unpaired) electrons. The monoisotopic (exact) mass is 345 g/mol. The number of halogens is 1. The van der Waals surface area contributed by atoms with Gasteiger partial charge in [0.25, 0.3) is 5.56 Å². The lowest BCUT2D eigenvalue weighted by atomic mass is 10.0. The predicted octanol–water partition coefficient (Wildman–Crippen LogP) is 0.679. The van der Waals surface area contributed by atoms with Gasteiger partial charge in [0.15, 0.2) is 0 Å². The zero-order chi connectivity index (χ0) is 18.1. The van der Waals surface area contributed by atoms with Crippen LogP contribution in [0.25, 0.3) is 0 Å². The highest BCUT2D eigenvalue weighted by molar-refractivity contribution is 5.83. The van der Waals surface area contributed by atoms with Crippen molar-refractivity contribution in [3.63, 3.8) is 0 Å². The third-order valence-electron chi connectivity index (χ3n) is 4.35. The van der Waals surface area contributed by atoms with Gasteiger partial charge in [0.2, 0.25) is 11.9 Å². The standard InChI is InChI=1S/C17H20FN5O2/c1-22(2)14(10-5-3-4-6-12(10)18)16(25)23-8-7-11-13(9-23)20-17(19)21-15(11)24/h3-6,14H,7-9H2,1-2H3,(H3,19,20,21,24)/t14-/m1/s1. The van der Waals surface area contributed by atoms with Gasteiger partial charge in [-0.15, -0.1) is 0 Å². The van der Waals surface area contributed by atoms with E-state index >= 15 is 0 Å². The molecule has 0 spiro atoms. The van der Waals surface area contributed by atoms with E-state index in [0.717, 1.165) is 0 Å². The molecule has 7 nitrogen and oxygen atoms in total. The van der Waals surface area contributed by atoms with Crippen molar-refractivity contribution in [2.45, 2.75) is 19.0 Å². The molecule has 0 unspecified atom stereocenters. The topological polar surface area (TPSA) is 95.3 Å². The van der Waals surface area contributed by atoms with Crippen molar-refractivity contribution in [2.24, 2.45) is 0 Å². The van der Waals surface area contributed by atoms with Crippen molar-refractivity contribution in [2.75, 3.05) is 26.4 Å². The van der Waals surface area contributed by atoms with E-state index in [-0.39, 0.29) is 24.0 Å². The summed E-state index contributed by atoms with van der Waals surface area (Å²) in [6, 6.07) is 5.49. The number of nitrogens with two attached hydrogens (primary N) is 1. The third-order valence-corrected chi connectivity index (χ3v) is 4.35. The molecule has 1 aromatic heterocycles. The van der Waals surface area contributed by atoms with Crippen LogP contribution in [0.4, 0.5) is 10.3 Å². The normalized spacial score (nSPS) is 15.1. The average molecular weight is 345 g/mol. The van der Waals surface area contributed by atoms with Gasteiger partial charge in [-0.1, -0.05) is 18.2 Å². The molecule has 3 N–H and O–H groups in total. The van der Waals surface area contributed by atoms with Crippen LogP contribution in [0.2, 0.25) is 0 Å². The number of carbonyl (C=O) groups excluding carboxylic acids is 1. The lowest BCUT2D eigenvalue weighted by Gasteiger charge is -2.33. The van der Waals surface area contributed by atoms with Gasteiger partial charge in [0, 0.05) is 17.7 Å². The van der Waals surface area contributed by atoms with Crippen molar-refractivity contribution < 1.29 is 9.18 Å². The smallest absolute Gasteiger partial charge is 0.255 e. The van der Waals surface area contributed by atoms with Crippen LogP contribution in [0.15, 0.2) is 29.1 Å². The van der Waals surface area contributed by atoms with Crippen LogP contribution in [-0.4, -0.2) is 46.3 Å². The summed E-state index contributed by atoms with van der Waals surface area (Å²) in [6.07, 6.45) is 0.390. The number of H-pyrrole nitrogens is 1. The van der Waals surface area contributed by atoms with Crippen molar-refractivity contribution in [3.8, 4) is 0 Å². The Kier molecular flexibility index (Phi) is 4.54. The van der Waals surface area contributed by atoms with Crippen molar-refractivity contribution >= 4 is 11.9 Å². The number of fused-ring (bicyclic) bond motifs is 1. The fourth-order valence-electron chi connectivity index (χ4n) is 3.15. The second-order valence-electron chi connectivity index (χ2n) is 6.27. The van der Waals surface area contributed by atoms with Crippen molar-refractivity contribution in [1.29, 1.82) is 0 Å². The molecule has 1 aliphatic heterocycles. The van der Waals surface area contributed by atoms with Crippen LogP contribution in [0, 0.1) is 5.82 Å². The molecule has 0 saturated heterocycles. The minimum atomic E-state index is -0.748. The van der Waals surface area contributed by atoms with Gasteiger partial charge in [0.05, 0.1) is 12.2 Å². The number of aromatic amines is 1. The molecule has 1 aliphatic rings. The number of amides is 1. The first-order valence-electron chi connectivity index (χ1n) is 7.95. The maximum absolute atomic E-state index is 14.2. The van der Waals surface area contributed by atoms with Crippen LogP contribution in [-0.2, 0) is 17.8 Å². The number of hydrogen-bond acceptors (Lipinski definition) is 5. The number of anilines is 1. The second kappa shape index (κ2) is 6.64. The molecular formula is C17H20FN5O2. The quantitative estimate of drug-likeness (QED) is 0.853. The Morgan fingerprint density at radius 3 is 2.80 bits per heavy atom. The molecule has 1 atom stereocenters. The fraction of sp³-hybridized carbons (Fsp3) is 0.353. The van der Waals surface area contributed by atoms with Crippen molar-refractivity contribution in [1.82, 2.24) is 19.8 Å². The van der Waals surface area contributed by atoms with E-state index in [9.17, 15) is 14.0 Å². The van der Waals surface area contributed by atoms with Gasteiger partial charge in [0.1, 0.15) is 11.9 Å². The molecule has 2 heterocycles. The maximum atomic E-state index is 14.2. The zero-order valence-electron chi connectivity index (χ0n) is 14.1. The van der Waals surface area contributed by atoms with E-state index in [1.807, 2.05) is 0 Å². The Morgan fingerprint density at radius 2 is 2.12 bits per heavy atom. The Balaban J connectivity index is 1.92. The maximum Gasteiger partial charge on any atom is 0.255 e. The molecule has 132 valence electrons. The predicted molar refractivity (Wildman–Crippen MR) is 91.2 cm³/mol. The summed E-state index contributed by atoms with van der Waals surface area (Å²) in [4.78, 5) is 34.9. The molecule has 3 rings (SSSR count). The molecular weight excluding hydrogens is 325 g/mol. The van der Waals surface area contributed by atoms with Gasteiger partial charge in [-0.3, -0.25) is 19.5 Å². The SMILES string of the molecule is CN(C)[C@@H](C(=O)N1CCc2c(nc(N)[nH]c2=O)C1)c1ccccc1F. The van der Waals surface area contributed by atoms with Crippen LogP contribution >= 0.6 is 0 Å². The zero-order valence-corrected chi connectivity index (χ0v) is 14.1. The van der Waals surface area contributed by atoms with Gasteiger partial charge in [-0.2, -0.15) is 0 Å². The van der Waals surface area contributed by atoms with Crippen molar-refractivity contribution in [3.05, 3.63) is 57.3 Å². The summed E-state index contributed by atoms with van der Waals surface area (Å²) in [6.45, 7) is 0.556. The van der Waals surface area contributed by atoms with Crippen LogP contribution < -0.4 is 11.3 Å². The molecule has 1 amide bonds. The van der Waals surface area contributed by atoms with E-state index in [1.54, 1.807) is 42.1 Å². The average Bonchev–Trinajstić information content (AvgIpc) is 2.55. The second-order valence-corrected chi connectivity index (χ2v) is 6.27. The Labute approximate surface area is 144 Å². The van der Waals surface area contributed by atoms with Crippen LogP contribution in [0.1, 0.15) is 22.9 Å². The van der Waals surface area contributed by atoms with Crippen LogP contribution in [0.3, 0.4) is 0 Å².